The maximum Gasteiger partial charge on any atom is 0.141 e. The van der Waals surface area contributed by atoms with Crippen molar-refractivity contribution in [3.8, 4) is 17.5 Å². The molecule has 0 amide bonds. The number of rotatable bonds is 4. The molecular weight excluding hydrogens is 242 g/mol. The topological polar surface area (TPSA) is 82.1 Å². The van der Waals surface area contributed by atoms with Crippen LogP contribution in [0.25, 0.3) is 11.4 Å². The second-order valence-electron chi connectivity index (χ2n) is 4.19. The smallest absolute Gasteiger partial charge is 0.141 e. The second-order valence-corrected chi connectivity index (χ2v) is 4.19. The van der Waals surface area contributed by atoms with E-state index in [9.17, 15) is 10.2 Å². The molecule has 1 heterocycles. The van der Waals surface area contributed by atoms with E-state index in [1.807, 2.05) is 30.3 Å². The molecule has 0 aliphatic rings. The van der Waals surface area contributed by atoms with Crippen molar-refractivity contribution in [1.29, 1.82) is 5.26 Å². The van der Waals surface area contributed by atoms with E-state index in [1.165, 1.54) is 0 Å². The summed E-state index contributed by atoms with van der Waals surface area (Å²) in [5, 5.41) is 27.9. The summed E-state index contributed by atoms with van der Waals surface area (Å²) >= 11 is 0. The van der Waals surface area contributed by atoms with Crippen LogP contribution in [0.15, 0.2) is 30.3 Å². The number of hydrogen-bond donors (Lipinski definition) is 2. The molecule has 0 fully saturated rings. The van der Waals surface area contributed by atoms with E-state index < -0.39 is 6.04 Å². The van der Waals surface area contributed by atoms with Crippen molar-refractivity contribution >= 4 is 0 Å². The van der Waals surface area contributed by atoms with Gasteiger partial charge in [-0.3, -0.25) is 0 Å². The molecule has 0 aliphatic carbocycles. The minimum atomic E-state index is -0.467. The zero-order valence-electron chi connectivity index (χ0n) is 10.6. The number of nitrogens with zero attached hydrogens (tertiary/aromatic N) is 3. The normalized spacial score (nSPS) is 12.1. The highest BCUT2D eigenvalue weighted by molar-refractivity contribution is 5.57. The molecule has 0 radical (unpaired) electrons. The summed E-state index contributed by atoms with van der Waals surface area (Å²) in [7, 11) is 0. The third-order valence-corrected chi connectivity index (χ3v) is 3.00. The van der Waals surface area contributed by atoms with Crippen molar-refractivity contribution in [3.05, 3.63) is 41.7 Å². The maximum atomic E-state index is 9.45. The Morgan fingerprint density at radius 3 is 2.47 bits per heavy atom. The van der Waals surface area contributed by atoms with Crippen LogP contribution in [-0.4, -0.2) is 19.8 Å². The van der Waals surface area contributed by atoms with Crippen LogP contribution in [0.5, 0.6) is 0 Å². The van der Waals surface area contributed by atoms with Crippen molar-refractivity contribution in [2.75, 3.05) is 0 Å². The number of benzene rings is 1. The highest BCUT2D eigenvalue weighted by atomic mass is 16.3. The Morgan fingerprint density at radius 1 is 1.26 bits per heavy atom. The van der Waals surface area contributed by atoms with Crippen LogP contribution in [0.4, 0.5) is 0 Å². The fourth-order valence-corrected chi connectivity index (χ4v) is 2.07. The van der Waals surface area contributed by atoms with E-state index in [0.717, 1.165) is 5.56 Å². The Balaban J connectivity index is 2.67. The Labute approximate surface area is 111 Å². The monoisotopic (exact) mass is 257 g/mol. The molecule has 5 nitrogen and oxygen atoms in total. The van der Waals surface area contributed by atoms with Gasteiger partial charge >= 0.3 is 0 Å². The first-order valence-corrected chi connectivity index (χ1v) is 5.99. The van der Waals surface area contributed by atoms with Gasteiger partial charge in [0.15, 0.2) is 0 Å². The molecule has 0 aliphatic heterocycles. The molecule has 0 bridgehead atoms. The van der Waals surface area contributed by atoms with Crippen LogP contribution in [0, 0.1) is 11.3 Å². The number of aliphatic hydroxyl groups excluding tert-OH is 2. The number of imidazole rings is 1. The van der Waals surface area contributed by atoms with Gasteiger partial charge in [0, 0.05) is 5.56 Å². The first kappa shape index (κ1) is 13.3. The fourth-order valence-electron chi connectivity index (χ4n) is 2.07. The average molecular weight is 257 g/mol. The Kier molecular flexibility index (Phi) is 3.95. The summed E-state index contributed by atoms with van der Waals surface area (Å²) in [5.74, 6) is 0.586. The van der Waals surface area contributed by atoms with E-state index in [4.69, 9.17) is 5.26 Å². The number of aliphatic hydroxyl groups is 2. The minimum Gasteiger partial charge on any atom is -0.390 e. The van der Waals surface area contributed by atoms with Gasteiger partial charge in [-0.1, -0.05) is 30.3 Å². The molecule has 0 spiro atoms. The Morgan fingerprint density at radius 2 is 1.95 bits per heavy atom. The molecule has 5 heteroatoms. The van der Waals surface area contributed by atoms with E-state index >= 15 is 0 Å². The van der Waals surface area contributed by atoms with E-state index in [-0.39, 0.29) is 13.2 Å². The largest absolute Gasteiger partial charge is 0.390 e. The van der Waals surface area contributed by atoms with Crippen LogP contribution in [0.1, 0.15) is 24.4 Å². The van der Waals surface area contributed by atoms with Gasteiger partial charge in [0.1, 0.15) is 11.9 Å². The summed E-state index contributed by atoms with van der Waals surface area (Å²) in [4.78, 5) is 4.34. The van der Waals surface area contributed by atoms with Gasteiger partial charge in [-0.25, -0.2) is 4.98 Å². The van der Waals surface area contributed by atoms with Crippen LogP contribution in [0.2, 0.25) is 0 Å². The second kappa shape index (κ2) is 5.65. The van der Waals surface area contributed by atoms with E-state index in [1.54, 1.807) is 11.5 Å². The standard InChI is InChI=1S/C14H15N3O2/c1-10(7-15)17-13(9-19)12(8-18)16-14(17)11-5-3-2-4-6-11/h2-6,10,18-19H,8-9H2,1H3. The zero-order valence-corrected chi connectivity index (χ0v) is 10.6. The molecule has 1 unspecified atom stereocenters. The molecule has 2 aromatic rings. The molecule has 2 N–H and O–H groups in total. The molecule has 2 rings (SSSR count). The third kappa shape index (κ3) is 2.36. The van der Waals surface area contributed by atoms with Gasteiger partial charge in [-0.05, 0) is 6.92 Å². The predicted molar refractivity (Wildman–Crippen MR) is 69.8 cm³/mol. The molecule has 0 saturated heterocycles. The number of nitriles is 1. The average Bonchev–Trinajstić information content (AvgIpc) is 2.85. The summed E-state index contributed by atoms with van der Waals surface area (Å²) in [6.45, 7) is 1.21. The molecule has 19 heavy (non-hydrogen) atoms. The maximum absolute atomic E-state index is 9.45. The fraction of sp³-hybridized carbons (Fsp3) is 0.286. The van der Waals surface area contributed by atoms with Crippen molar-refractivity contribution in [3.63, 3.8) is 0 Å². The summed E-state index contributed by atoms with van der Waals surface area (Å²) in [6, 6.07) is 11.1. The van der Waals surface area contributed by atoms with Crippen LogP contribution >= 0.6 is 0 Å². The Bertz CT molecular complexity index is 599. The third-order valence-electron chi connectivity index (χ3n) is 3.00. The lowest BCUT2D eigenvalue weighted by molar-refractivity contribution is 0.249. The zero-order chi connectivity index (χ0) is 13.8. The van der Waals surface area contributed by atoms with Gasteiger partial charge in [0.05, 0.1) is 30.7 Å². The first-order valence-electron chi connectivity index (χ1n) is 5.99. The lowest BCUT2D eigenvalue weighted by Crippen LogP contribution is -2.09. The van der Waals surface area contributed by atoms with Crippen LogP contribution < -0.4 is 0 Å². The van der Waals surface area contributed by atoms with Crippen molar-refractivity contribution in [1.82, 2.24) is 9.55 Å². The van der Waals surface area contributed by atoms with E-state index in [0.29, 0.717) is 17.2 Å². The van der Waals surface area contributed by atoms with Crippen LogP contribution in [0.3, 0.4) is 0 Å². The molecule has 1 aromatic carbocycles. The predicted octanol–water partition coefficient (Wildman–Crippen LogP) is 1.62. The summed E-state index contributed by atoms with van der Waals surface area (Å²) in [6.07, 6.45) is 0. The SMILES string of the molecule is CC(C#N)n1c(-c2ccccc2)nc(CO)c1CO. The van der Waals surface area contributed by atoms with Gasteiger partial charge < -0.3 is 14.8 Å². The lowest BCUT2D eigenvalue weighted by atomic mass is 10.2. The summed E-state index contributed by atoms with van der Waals surface area (Å²) < 4.78 is 1.67. The molecule has 98 valence electrons. The van der Waals surface area contributed by atoms with Crippen molar-refractivity contribution < 1.29 is 10.2 Å². The first-order chi connectivity index (χ1) is 9.22. The molecule has 1 atom stereocenters. The minimum absolute atomic E-state index is 0.262. The van der Waals surface area contributed by atoms with Crippen molar-refractivity contribution in [2.45, 2.75) is 26.2 Å². The lowest BCUT2D eigenvalue weighted by Gasteiger charge is -2.13. The van der Waals surface area contributed by atoms with Crippen LogP contribution in [-0.2, 0) is 13.2 Å². The summed E-state index contributed by atoms with van der Waals surface area (Å²) in [5.41, 5.74) is 1.73. The van der Waals surface area contributed by atoms with Gasteiger partial charge in [-0.15, -0.1) is 0 Å². The van der Waals surface area contributed by atoms with Gasteiger partial charge in [-0.2, -0.15) is 5.26 Å². The molecule has 1 aromatic heterocycles. The molecular formula is C14H15N3O2. The van der Waals surface area contributed by atoms with Gasteiger partial charge in [0.2, 0.25) is 0 Å². The van der Waals surface area contributed by atoms with Gasteiger partial charge in [0.25, 0.3) is 0 Å². The van der Waals surface area contributed by atoms with E-state index in [2.05, 4.69) is 11.1 Å². The number of hydrogen-bond acceptors (Lipinski definition) is 4. The number of aromatic nitrogens is 2. The molecule has 0 saturated carbocycles. The highest BCUT2D eigenvalue weighted by Crippen LogP contribution is 2.26. The van der Waals surface area contributed by atoms with Crippen molar-refractivity contribution in [2.24, 2.45) is 0 Å². The Hall–Kier alpha value is -2.16. The quantitative estimate of drug-likeness (QED) is 0.872. The highest BCUT2D eigenvalue weighted by Gasteiger charge is 2.20.